The van der Waals surface area contributed by atoms with E-state index in [1.165, 1.54) is 0 Å². The summed E-state index contributed by atoms with van der Waals surface area (Å²) in [6.07, 6.45) is 7.67. The van der Waals surface area contributed by atoms with Crippen LogP contribution in [0.5, 0.6) is 5.75 Å². The minimum Gasteiger partial charge on any atom is -0.497 e. The van der Waals surface area contributed by atoms with E-state index in [1.54, 1.807) is 31.4 Å². The molecule has 6 heteroatoms. The van der Waals surface area contributed by atoms with Gasteiger partial charge in [0.15, 0.2) is 0 Å². The SMILES string of the molecule is C#CC1CN2CCC1CC2CNS(=O)(=O)c1ccc(OC)cc1. The molecule has 124 valence electrons. The van der Waals surface area contributed by atoms with Gasteiger partial charge in [-0.15, -0.1) is 12.3 Å². The molecule has 5 nitrogen and oxygen atoms in total. The Labute approximate surface area is 138 Å². The number of rotatable bonds is 5. The lowest BCUT2D eigenvalue weighted by molar-refractivity contribution is 0.0251. The normalized spacial score (nSPS) is 29.9. The largest absolute Gasteiger partial charge is 0.497 e. The van der Waals surface area contributed by atoms with Crippen LogP contribution in [0.4, 0.5) is 0 Å². The maximum absolute atomic E-state index is 12.4. The first kappa shape index (κ1) is 16.3. The summed E-state index contributed by atoms with van der Waals surface area (Å²) in [4.78, 5) is 2.58. The Balaban J connectivity index is 1.62. The molecule has 2 bridgehead atoms. The summed E-state index contributed by atoms with van der Waals surface area (Å²) in [7, 11) is -1.94. The van der Waals surface area contributed by atoms with Crippen LogP contribution in [0.25, 0.3) is 0 Å². The summed E-state index contributed by atoms with van der Waals surface area (Å²) < 4.78 is 32.6. The maximum Gasteiger partial charge on any atom is 0.240 e. The fraction of sp³-hybridized carbons (Fsp3) is 0.529. The first-order chi connectivity index (χ1) is 11.0. The molecule has 23 heavy (non-hydrogen) atoms. The highest BCUT2D eigenvalue weighted by atomic mass is 32.2. The molecule has 4 rings (SSSR count). The Bertz CT molecular complexity index is 694. The van der Waals surface area contributed by atoms with Crippen LogP contribution >= 0.6 is 0 Å². The van der Waals surface area contributed by atoms with E-state index in [4.69, 9.17) is 11.2 Å². The molecular weight excluding hydrogens is 312 g/mol. The van der Waals surface area contributed by atoms with Gasteiger partial charge in [0, 0.05) is 25.0 Å². The minimum absolute atomic E-state index is 0.242. The van der Waals surface area contributed by atoms with Crippen LogP contribution in [0.2, 0.25) is 0 Å². The van der Waals surface area contributed by atoms with Crippen molar-refractivity contribution in [3.8, 4) is 18.1 Å². The van der Waals surface area contributed by atoms with Crippen LogP contribution in [0.1, 0.15) is 12.8 Å². The van der Waals surface area contributed by atoms with Gasteiger partial charge in [-0.3, -0.25) is 4.90 Å². The minimum atomic E-state index is -3.49. The second-order valence-corrected chi connectivity index (χ2v) is 8.00. The molecule has 4 atom stereocenters. The number of nitrogens with zero attached hydrogens (tertiary/aromatic N) is 1. The van der Waals surface area contributed by atoms with Crippen LogP contribution in [-0.2, 0) is 10.0 Å². The molecule has 1 N–H and O–H groups in total. The number of sulfonamides is 1. The predicted molar refractivity (Wildman–Crippen MR) is 88.6 cm³/mol. The number of hydrogen-bond donors (Lipinski definition) is 1. The van der Waals surface area contributed by atoms with Crippen molar-refractivity contribution < 1.29 is 13.2 Å². The zero-order chi connectivity index (χ0) is 16.4. The summed E-state index contributed by atoms with van der Waals surface area (Å²) in [5, 5.41) is 0. The Morgan fingerprint density at radius 2 is 2.13 bits per heavy atom. The Morgan fingerprint density at radius 3 is 2.70 bits per heavy atom. The summed E-state index contributed by atoms with van der Waals surface area (Å²) in [6, 6.07) is 6.66. The van der Waals surface area contributed by atoms with E-state index >= 15 is 0 Å². The summed E-state index contributed by atoms with van der Waals surface area (Å²) in [6.45, 7) is 2.33. The molecule has 3 aliphatic rings. The Hall–Kier alpha value is -1.55. The molecule has 3 fully saturated rings. The van der Waals surface area contributed by atoms with Crippen molar-refractivity contribution in [1.29, 1.82) is 0 Å². The van der Waals surface area contributed by atoms with Gasteiger partial charge in [0.25, 0.3) is 0 Å². The van der Waals surface area contributed by atoms with Gasteiger partial charge in [-0.05, 0) is 49.6 Å². The lowest BCUT2D eigenvalue weighted by atomic mass is 9.76. The first-order valence-corrected chi connectivity index (χ1v) is 9.35. The molecule has 0 radical (unpaired) electrons. The van der Waals surface area contributed by atoms with E-state index in [-0.39, 0.29) is 10.9 Å². The van der Waals surface area contributed by atoms with E-state index < -0.39 is 10.0 Å². The zero-order valence-electron chi connectivity index (χ0n) is 13.2. The number of nitrogens with one attached hydrogen (secondary N) is 1. The third kappa shape index (κ3) is 3.37. The third-order valence-corrected chi connectivity index (χ3v) is 6.41. The molecule has 1 aromatic carbocycles. The van der Waals surface area contributed by atoms with Crippen LogP contribution in [0.3, 0.4) is 0 Å². The van der Waals surface area contributed by atoms with E-state index in [0.717, 1.165) is 25.9 Å². The average molecular weight is 334 g/mol. The molecule has 1 aromatic rings. The second-order valence-electron chi connectivity index (χ2n) is 6.23. The highest BCUT2D eigenvalue weighted by molar-refractivity contribution is 7.89. The van der Waals surface area contributed by atoms with Crippen molar-refractivity contribution >= 4 is 10.0 Å². The van der Waals surface area contributed by atoms with Gasteiger partial charge in [-0.25, -0.2) is 13.1 Å². The van der Waals surface area contributed by atoms with Crippen LogP contribution in [0.15, 0.2) is 29.2 Å². The van der Waals surface area contributed by atoms with Gasteiger partial charge in [-0.2, -0.15) is 0 Å². The van der Waals surface area contributed by atoms with Crippen LogP contribution < -0.4 is 9.46 Å². The van der Waals surface area contributed by atoms with Gasteiger partial charge >= 0.3 is 0 Å². The quantitative estimate of drug-likeness (QED) is 0.825. The number of fused-ring (bicyclic) bond motifs is 3. The number of ether oxygens (including phenoxy) is 1. The molecule has 3 aliphatic heterocycles. The van der Waals surface area contributed by atoms with Gasteiger partial charge < -0.3 is 4.74 Å². The van der Waals surface area contributed by atoms with Crippen molar-refractivity contribution in [2.24, 2.45) is 11.8 Å². The third-order valence-electron chi connectivity index (χ3n) is 4.97. The highest BCUT2D eigenvalue weighted by Crippen LogP contribution is 2.35. The van der Waals surface area contributed by atoms with Crippen molar-refractivity contribution in [3.63, 3.8) is 0 Å². The molecule has 0 amide bonds. The smallest absolute Gasteiger partial charge is 0.240 e. The Kier molecular flexibility index (Phi) is 4.62. The predicted octanol–water partition coefficient (Wildman–Crippen LogP) is 1.32. The molecule has 0 spiro atoms. The molecule has 0 aromatic heterocycles. The molecule has 4 unspecified atom stereocenters. The van der Waals surface area contributed by atoms with E-state index in [1.807, 2.05) is 0 Å². The molecule has 0 saturated carbocycles. The maximum atomic E-state index is 12.4. The van der Waals surface area contributed by atoms with E-state index in [9.17, 15) is 8.42 Å². The number of piperidine rings is 3. The molecule has 0 aliphatic carbocycles. The van der Waals surface area contributed by atoms with Crippen LogP contribution in [0, 0.1) is 24.2 Å². The van der Waals surface area contributed by atoms with Gasteiger partial charge in [0.1, 0.15) is 5.75 Å². The lowest BCUT2D eigenvalue weighted by Gasteiger charge is -2.48. The average Bonchev–Trinajstić information content (AvgIpc) is 2.60. The highest BCUT2D eigenvalue weighted by Gasteiger charge is 2.39. The molecular formula is C17H22N2O3S. The number of terminal acetylenes is 1. The topological polar surface area (TPSA) is 58.6 Å². The van der Waals surface area contributed by atoms with Gasteiger partial charge in [-0.1, -0.05) is 0 Å². The monoisotopic (exact) mass is 334 g/mol. The Morgan fingerprint density at radius 1 is 1.39 bits per heavy atom. The van der Waals surface area contributed by atoms with E-state index in [0.29, 0.717) is 24.1 Å². The van der Waals surface area contributed by atoms with E-state index in [2.05, 4.69) is 15.5 Å². The number of hydrogen-bond acceptors (Lipinski definition) is 4. The van der Waals surface area contributed by atoms with Crippen molar-refractivity contribution in [2.75, 3.05) is 26.7 Å². The van der Waals surface area contributed by atoms with Crippen molar-refractivity contribution in [1.82, 2.24) is 9.62 Å². The lowest BCUT2D eigenvalue weighted by Crippen LogP contribution is -2.56. The van der Waals surface area contributed by atoms with Gasteiger partial charge in [0.2, 0.25) is 10.0 Å². The van der Waals surface area contributed by atoms with Gasteiger partial charge in [0.05, 0.1) is 12.0 Å². The first-order valence-electron chi connectivity index (χ1n) is 7.87. The number of benzene rings is 1. The molecule has 3 saturated heterocycles. The summed E-state index contributed by atoms with van der Waals surface area (Å²) >= 11 is 0. The second kappa shape index (κ2) is 6.52. The zero-order valence-corrected chi connectivity index (χ0v) is 14.1. The fourth-order valence-electron chi connectivity index (χ4n) is 3.58. The van der Waals surface area contributed by atoms with Crippen molar-refractivity contribution in [3.05, 3.63) is 24.3 Å². The van der Waals surface area contributed by atoms with Crippen LogP contribution in [-0.4, -0.2) is 46.1 Å². The summed E-state index contributed by atoms with van der Waals surface area (Å²) in [5.41, 5.74) is 0. The fourth-order valence-corrected chi connectivity index (χ4v) is 4.66. The molecule has 3 heterocycles. The number of methoxy groups -OCH3 is 1. The summed E-state index contributed by atoms with van der Waals surface area (Å²) in [5.74, 6) is 4.36. The standard InChI is InChI=1S/C17H22N2O3S/c1-3-13-12-19-9-8-14(13)10-15(19)11-18-23(20,21)17-6-4-16(22-2)5-7-17/h1,4-7,13-15,18H,8-12H2,2H3. The van der Waals surface area contributed by atoms with Crippen molar-refractivity contribution in [2.45, 2.75) is 23.8 Å².